The summed E-state index contributed by atoms with van der Waals surface area (Å²) in [6, 6.07) is 5.72. The quantitative estimate of drug-likeness (QED) is 0.924. The fourth-order valence-electron chi connectivity index (χ4n) is 1.94. The van der Waals surface area contributed by atoms with Crippen molar-refractivity contribution < 1.29 is 9.47 Å². The van der Waals surface area contributed by atoms with Crippen molar-refractivity contribution in [1.29, 1.82) is 0 Å². The van der Waals surface area contributed by atoms with E-state index in [1.807, 2.05) is 12.1 Å². The zero-order valence-corrected chi connectivity index (χ0v) is 12.2. The molecule has 1 atom stereocenters. The van der Waals surface area contributed by atoms with Crippen LogP contribution in [0.15, 0.2) is 24.4 Å². The van der Waals surface area contributed by atoms with Gasteiger partial charge < -0.3 is 15.2 Å². The Morgan fingerprint density at radius 3 is 2.45 bits per heavy atom. The van der Waals surface area contributed by atoms with E-state index >= 15 is 0 Å². The number of hydrogen-bond donors (Lipinski definition) is 1. The maximum Gasteiger partial charge on any atom is 0.240 e. The molecular formula is C15H19N3O2. The van der Waals surface area contributed by atoms with Gasteiger partial charge in [-0.25, -0.2) is 4.98 Å². The van der Waals surface area contributed by atoms with E-state index in [1.54, 1.807) is 13.3 Å². The van der Waals surface area contributed by atoms with Crippen LogP contribution in [-0.4, -0.2) is 24.2 Å². The van der Waals surface area contributed by atoms with E-state index in [0.717, 1.165) is 5.56 Å². The van der Waals surface area contributed by atoms with Gasteiger partial charge in [-0.05, 0) is 30.5 Å². The summed E-state index contributed by atoms with van der Waals surface area (Å²) in [5, 5.41) is 0. The zero-order valence-electron chi connectivity index (χ0n) is 12.2. The van der Waals surface area contributed by atoms with Crippen molar-refractivity contribution in [2.24, 2.45) is 5.73 Å². The van der Waals surface area contributed by atoms with Crippen LogP contribution in [0.1, 0.15) is 28.4 Å². The van der Waals surface area contributed by atoms with Crippen LogP contribution in [0.5, 0.6) is 11.8 Å². The van der Waals surface area contributed by atoms with Crippen LogP contribution < -0.4 is 15.2 Å². The summed E-state index contributed by atoms with van der Waals surface area (Å²) >= 11 is 0. The van der Waals surface area contributed by atoms with Gasteiger partial charge in [-0.1, -0.05) is 18.2 Å². The first kappa shape index (κ1) is 14.3. The van der Waals surface area contributed by atoms with E-state index in [9.17, 15) is 0 Å². The van der Waals surface area contributed by atoms with Gasteiger partial charge in [0.1, 0.15) is 5.69 Å². The predicted octanol–water partition coefficient (Wildman–Crippen LogP) is 2.16. The van der Waals surface area contributed by atoms with Gasteiger partial charge in [-0.15, -0.1) is 0 Å². The Balaban J connectivity index is 2.41. The lowest BCUT2D eigenvalue weighted by molar-refractivity contribution is 0.355. The normalized spacial score (nSPS) is 12.1. The van der Waals surface area contributed by atoms with E-state index in [0.29, 0.717) is 17.5 Å². The first-order valence-electron chi connectivity index (χ1n) is 6.34. The van der Waals surface area contributed by atoms with E-state index in [-0.39, 0.29) is 6.04 Å². The molecule has 0 spiro atoms. The Morgan fingerprint density at radius 1 is 1.10 bits per heavy atom. The maximum atomic E-state index is 6.28. The van der Waals surface area contributed by atoms with E-state index in [2.05, 4.69) is 29.9 Å². The molecule has 0 saturated carbocycles. The summed E-state index contributed by atoms with van der Waals surface area (Å²) in [6.45, 7) is 4.13. The minimum absolute atomic E-state index is 0.384. The van der Waals surface area contributed by atoms with Gasteiger partial charge in [0.15, 0.2) is 0 Å². The molecule has 5 nitrogen and oxygen atoms in total. The minimum atomic E-state index is -0.386. The van der Waals surface area contributed by atoms with Crippen molar-refractivity contribution in [3.63, 3.8) is 0 Å². The molecule has 0 aliphatic rings. The topological polar surface area (TPSA) is 70.3 Å². The summed E-state index contributed by atoms with van der Waals surface area (Å²) < 4.78 is 10.3. The van der Waals surface area contributed by atoms with Crippen molar-refractivity contribution >= 4 is 0 Å². The molecule has 2 rings (SSSR count). The molecule has 106 valence electrons. The van der Waals surface area contributed by atoms with Gasteiger partial charge in [-0.2, -0.15) is 4.98 Å². The van der Waals surface area contributed by atoms with E-state index < -0.39 is 0 Å². The molecule has 2 aromatic rings. The number of rotatable bonds is 4. The second-order valence-corrected chi connectivity index (χ2v) is 4.63. The fraction of sp³-hybridized carbons (Fsp3) is 0.333. The standard InChI is InChI=1S/C15H19N3O2/c1-9-5-6-11(7-10(9)2)13(16)14-15(20-4)18-12(19-3)8-17-14/h5-8,13H,16H2,1-4H3. The molecule has 0 fully saturated rings. The number of nitrogens with zero attached hydrogens (tertiary/aromatic N) is 2. The minimum Gasteiger partial charge on any atom is -0.480 e. The van der Waals surface area contributed by atoms with Crippen LogP contribution >= 0.6 is 0 Å². The van der Waals surface area contributed by atoms with E-state index in [4.69, 9.17) is 15.2 Å². The molecule has 20 heavy (non-hydrogen) atoms. The van der Waals surface area contributed by atoms with Gasteiger partial charge in [0.05, 0.1) is 26.5 Å². The van der Waals surface area contributed by atoms with Gasteiger partial charge in [0, 0.05) is 0 Å². The lowest BCUT2D eigenvalue weighted by atomic mass is 9.99. The van der Waals surface area contributed by atoms with Crippen LogP contribution in [0, 0.1) is 13.8 Å². The van der Waals surface area contributed by atoms with Crippen molar-refractivity contribution in [3.05, 3.63) is 46.8 Å². The molecule has 1 aromatic carbocycles. The van der Waals surface area contributed by atoms with Crippen molar-refractivity contribution in [2.45, 2.75) is 19.9 Å². The largest absolute Gasteiger partial charge is 0.480 e. The highest BCUT2D eigenvalue weighted by molar-refractivity contribution is 5.38. The Morgan fingerprint density at radius 2 is 1.85 bits per heavy atom. The third kappa shape index (κ3) is 2.72. The fourth-order valence-corrected chi connectivity index (χ4v) is 1.94. The molecule has 0 bridgehead atoms. The SMILES string of the molecule is COc1cnc(C(N)c2ccc(C)c(C)c2)c(OC)n1. The summed E-state index contributed by atoms with van der Waals surface area (Å²) in [6.07, 6.45) is 1.54. The number of aryl methyl sites for hydroxylation is 2. The van der Waals surface area contributed by atoms with Crippen molar-refractivity contribution in [3.8, 4) is 11.8 Å². The third-order valence-corrected chi connectivity index (χ3v) is 3.33. The molecule has 0 radical (unpaired) electrons. The average molecular weight is 273 g/mol. The molecule has 1 heterocycles. The molecule has 2 N–H and O–H groups in total. The highest BCUT2D eigenvalue weighted by Gasteiger charge is 2.18. The van der Waals surface area contributed by atoms with Gasteiger partial charge in [0.2, 0.25) is 11.8 Å². The van der Waals surface area contributed by atoms with Gasteiger partial charge in [0.25, 0.3) is 0 Å². The van der Waals surface area contributed by atoms with Crippen molar-refractivity contribution in [2.75, 3.05) is 14.2 Å². The first-order valence-corrected chi connectivity index (χ1v) is 6.34. The number of ether oxygens (including phenoxy) is 2. The lowest BCUT2D eigenvalue weighted by Gasteiger charge is -2.15. The molecule has 0 amide bonds. The highest BCUT2D eigenvalue weighted by atomic mass is 16.5. The Hall–Kier alpha value is -2.14. The predicted molar refractivity (Wildman–Crippen MR) is 77.1 cm³/mol. The molecule has 1 unspecified atom stereocenters. The number of methoxy groups -OCH3 is 2. The highest BCUT2D eigenvalue weighted by Crippen LogP contribution is 2.27. The Bertz CT molecular complexity index is 614. The summed E-state index contributed by atoms with van der Waals surface area (Å²) in [4.78, 5) is 8.52. The van der Waals surface area contributed by atoms with Crippen LogP contribution in [0.2, 0.25) is 0 Å². The maximum absolute atomic E-state index is 6.28. The molecule has 5 heteroatoms. The van der Waals surface area contributed by atoms with Crippen LogP contribution in [-0.2, 0) is 0 Å². The summed E-state index contributed by atoms with van der Waals surface area (Å²) in [5.41, 5.74) is 10.3. The Labute approximate surface area is 118 Å². The second-order valence-electron chi connectivity index (χ2n) is 4.63. The van der Waals surface area contributed by atoms with Gasteiger partial charge in [-0.3, -0.25) is 0 Å². The van der Waals surface area contributed by atoms with Crippen LogP contribution in [0.4, 0.5) is 0 Å². The van der Waals surface area contributed by atoms with Crippen molar-refractivity contribution in [1.82, 2.24) is 9.97 Å². The molecule has 1 aromatic heterocycles. The van der Waals surface area contributed by atoms with Crippen LogP contribution in [0.3, 0.4) is 0 Å². The first-order chi connectivity index (χ1) is 9.56. The summed E-state index contributed by atoms with van der Waals surface area (Å²) in [5.74, 6) is 0.785. The molecule has 0 saturated heterocycles. The lowest BCUT2D eigenvalue weighted by Crippen LogP contribution is -2.16. The van der Waals surface area contributed by atoms with Crippen LogP contribution in [0.25, 0.3) is 0 Å². The molecular weight excluding hydrogens is 254 g/mol. The number of nitrogens with two attached hydrogens (primary N) is 1. The number of aromatic nitrogens is 2. The monoisotopic (exact) mass is 273 g/mol. The number of hydrogen-bond acceptors (Lipinski definition) is 5. The average Bonchev–Trinajstić information content (AvgIpc) is 2.48. The molecule has 0 aliphatic heterocycles. The van der Waals surface area contributed by atoms with E-state index in [1.165, 1.54) is 18.2 Å². The summed E-state index contributed by atoms with van der Waals surface area (Å²) in [7, 11) is 3.08. The zero-order chi connectivity index (χ0) is 14.7. The smallest absolute Gasteiger partial charge is 0.240 e. The van der Waals surface area contributed by atoms with Gasteiger partial charge >= 0.3 is 0 Å². The number of benzene rings is 1. The third-order valence-electron chi connectivity index (χ3n) is 3.33. The molecule has 0 aliphatic carbocycles. The second kappa shape index (κ2) is 5.88. The Kier molecular flexibility index (Phi) is 4.20.